The average Bonchev–Trinajstić information content (AvgIpc) is 4.03. The summed E-state index contributed by atoms with van der Waals surface area (Å²) in [6, 6.07) is 65.9. The Morgan fingerprint density at radius 2 is 0.917 bits per heavy atom. The standard InChI is InChI=1S/C54H30BN3O2/c1-7-19-43-33(13-1)34-14-2-8-20-44(34)56(43)31-25-26-42-49(28-31)59-50-29-32(27-39-37-17-6-12-24-48(37)60-55(42)52(39)50)57-45-21-9-3-15-35(45)40-30-41-36-16-4-10-22-46(36)58-47-23-11-5-18-38(47)51(53(40)57)54(41)58/h1-30H. The lowest BCUT2D eigenvalue weighted by atomic mass is 9.51. The highest BCUT2D eigenvalue weighted by atomic mass is 16.5. The second-order valence-electron chi connectivity index (χ2n) is 16.4. The zero-order valence-corrected chi connectivity index (χ0v) is 32.1. The summed E-state index contributed by atoms with van der Waals surface area (Å²) in [5, 5.41) is 9.99. The number of benzene rings is 9. The molecule has 0 bridgehead atoms. The number of nitrogens with zero attached hydrogens (tertiary/aromatic N) is 3. The Morgan fingerprint density at radius 1 is 0.367 bits per heavy atom. The quantitative estimate of drug-likeness (QED) is 0.164. The first kappa shape index (κ1) is 31.1. The molecule has 276 valence electrons. The van der Waals surface area contributed by atoms with Gasteiger partial charge in [-0.2, -0.15) is 0 Å². The molecule has 9 aromatic carbocycles. The molecule has 6 heteroatoms. The van der Waals surface area contributed by atoms with Crippen LogP contribution in [0.4, 0.5) is 0 Å². The fraction of sp³-hybridized carbons (Fsp3) is 0. The normalized spacial score (nSPS) is 13.2. The van der Waals surface area contributed by atoms with Crippen molar-refractivity contribution in [2.75, 3.05) is 0 Å². The maximum atomic E-state index is 7.19. The van der Waals surface area contributed by atoms with Gasteiger partial charge in [0.25, 0.3) is 0 Å². The van der Waals surface area contributed by atoms with Crippen molar-refractivity contribution in [1.29, 1.82) is 0 Å². The minimum absolute atomic E-state index is 0.326. The number of ether oxygens (including phenoxy) is 1. The van der Waals surface area contributed by atoms with Crippen molar-refractivity contribution >= 4 is 99.5 Å². The van der Waals surface area contributed by atoms with Crippen LogP contribution >= 0.6 is 0 Å². The van der Waals surface area contributed by atoms with Gasteiger partial charge in [0.2, 0.25) is 0 Å². The number of para-hydroxylation sites is 6. The summed E-state index contributed by atoms with van der Waals surface area (Å²) in [5.41, 5.74) is 14.8. The molecule has 0 aliphatic carbocycles. The maximum Gasteiger partial charge on any atom is 0.434 e. The third-order valence-electron chi connectivity index (χ3n) is 13.4. The Labute approximate surface area is 342 Å². The van der Waals surface area contributed by atoms with Crippen LogP contribution in [0.2, 0.25) is 0 Å². The largest absolute Gasteiger partial charge is 0.551 e. The van der Waals surface area contributed by atoms with Crippen LogP contribution in [0, 0.1) is 0 Å². The van der Waals surface area contributed by atoms with Crippen LogP contribution < -0.4 is 20.3 Å². The van der Waals surface area contributed by atoms with E-state index in [1.54, 1.807) is 0 Å². The summed E-state index contributed by atoms with van der Waals surface area (Å²) in [7, 11) is 0. The Balaban J connectivity index is 1.03. The summed E-state index contributed by atoms with van der Waals surface area (Å²) in [4.78, 5) is 0. The molecule has 0 saturated carbocycles. The average molecular weight is 764 g/mol. The Kier molecular flexibility index (Phi) is 5.67. The van der Waals surface area contributed by atoms with Gasteiger partial charge in [0.1, 0.15) is 17.2 Å². The molecular formula is C54H30BN3O2. The van der Waals surface area contributed by atoms with Gasteiger partial charge in [-0.3, -0.25) is 0 Å². The van der Waals surface area contributed by atoms with Crippen molar-refractivity contribution in [2.24, 2.45) is 0 Å². The molecule has 2 aliphatic rings. The lowest BCUT2D eigenvalue weighted by molar-refractivity contribution is 0.479. The zero-order chi connectivity index (χ0) is 38.8. The highest BCUT2D eigenvalue weighted by Crippen LogP contribution is 2.48. The molecule has 0 N–H and O–H groups in total. The molecule has 0 unspecified atom stereocenters. The van der Waals surface area contributed by atoms with Crippen molar-refractivity contribution in [2.45, 2.75) is 0 Å². The van der Waals surface area contributed by atoms with Gasteiger partial charge in [-0.15, -0.1) is 0 Å². The second kappa shape index (κ2) is 11.0. The van der Waals surface area contributed by atoms with Crippen molar-refractivity contribution in [3.8, 4) is 39.8 Å². The summed E-state index contributed by atoms with van der Waals surface area (Å²) in [6.45, 7) is -0.326. The summed E-state index contributed by atoms with van der Waals surface area (Å²) >= 11 is 0. The maximum absolute atomic E-state index is 7.19. The molecule has 2 aliphatic heterocycles. The van der Waals surface area contributed by atoms with E-state index in [4.69, 9.17) is 9.39 Å². The van der Waals surface area contributed by atoms with E-state index in [1.807, 2.05) is 0 Å². The van der Waals surface area contributed by atoms with E-state index in [0.717, 1.165) is 67.2 Å². The molecule has 6 heterocycles. The molecule has 0 atom stereocenters. The minimum Gasteiger partial charge on any atom is -0.551 e. The molecule has 15 rings (SSSR count). The summed E-state index contributed by atoms with van der Waals surface area (Å²) < 4.78 is 21.5. The Hall–Kier alpha value is -7.96. The molecule has 5 nitrogen and oxygen atoms in total. The van der Waals surface area contributed by atoms with Crippen LogP contribution in [-0.2, 0) is 0 Å². The molecule has 0 radical (unpaired) electrons. The molecule has 0 saturated heterocycles. The smallest absolute Gasteiger partial charge is 0.434 e. The molecule has 0 amide bonds. The van der Waals surface area contributed by atoms with Crippen molar-refractivity contribution in [3.63, 3.8) is 0 Å². The first-order chi connectivity index (χ1) is 29.8. The van der Waals surface area contributed by atoms with E-state index in [9.17, 15) is 0 Å². The summed E-state index contributed by atoms with van der Waals surface area (Å²) in [6.07, 6.45) is 0. The van der Waals surface area contributed by atoms with Gasteiger partial charge in [-0.25, -0.2) is 0 Å². The first-order valence-corrected chi connectivity index (χ1v) is 20.6. The van der Waals surface area contributed by atoms with E-state index in [1.165, 1.54) is 65.2 Å². The predicted octanol–water partition coefficient (Wildman–Crippen LogP) is 12.3. The van der Waals surface area contributed by atoms with Crippen LogP contribution in [0.3, 0.4) is 0 Å². The van der Waals surface area contributed by atoms with E-state index in [-0.39, 0.29) is 6.92 Å². The summed E-state index contributed by atoms with van der Waals surface area (Å²) in [5.74, 6) is 2.49. The van der Waals surface area contributed by atoms with Gasteiger partial charge in [0, 0.05) is 77.4 Å². The van der Waals surface area contributed by atoms with Crippen molar-refractivity contribution in [3.05, 3.63) is 182 Å². The predicted molar refractivity (Wildman–Crippen MR) is 247 cm³/mol. The number of hydrogen-bond acceptors (Lipinski definition) is 2. The van der Waals surface area contributed by atoms with E-state index < -0.39 is 0 Å². The SMILES string of the molecule is c1ccc2c(c1)OB1c3ccc(-n4c5ccccc5c5ccccc54)cc3Oc3cc(-n4c5ccccc5c5cc6c7ccccc7n7c8ccccc8c(c54)c67)cc-2c31. The fourth-order valence-electron chi connectivity index (χ4n) is 11.0. The minimum atomic E-state index is -0.326. The molecule has 60 heavy (non-hydrogen) atoms. The monoisotopic (exact) mass is 763 g/mol. The van der Waals surface area contributed by atoms with Gasteiger partial charge in [0.15, 0.2) is 0 Å². The van der Waals surface area contributed by atoms with Gasteiger partial charge in [-0.05, 0) is 60.2 Å². The topological polar surface area (TPSA) is 32.7 Å². The van der Waals surface area contributed by atoms with Gasteiger partial charge >= 0.3 is 6.92 Å². The molecule has 13 aromatic rings. The Bertz CT molecular complexity index is 3990. The third kappa shape index (κ3) is 3.76. The fourth-order valence-corrected chi connectivity index (χ4v) is 11.0. The number of rotatable bonds is 2. The van der Waals surface area contributed by atoms with Crippen LogP contribution in [0.25, 0.3) is 104 Å². The molecule has 0 fully saturated rings. The van der Waals surface area contributed by atoms with Crippen LogP contribution in [0.15, 0.2) is 182 Å². The highest BCUT2D eigenvalue weighted by molar-refractivity contribution is 6.84. The van der Waals surface area contributed by atoms with Gasteiger partial charge in [0.05, 0.1) is 44.3 Å². The van der Waals surface area contributed by atoms with Crippen molar-refractivity contribution < 1.29 is 9.39 Å². The van der Waals surface area contributed by atoms with E-state index >= 15 is 0 Å². The number of hydrogen-bond donors (Lipinski definition) is 0. The molecule has 0 spiro atoms. The van der Waals surface area contributed by atoms with Gasteiger partial charge < -0.3 is 22.9 Å². The van der Waals surface area contributed by atoms with Crippen LogP contribution in [0.1, 0.15) is 0 Å². The number of fused-ring (bicyclic) bond motifs is 17. The first-order valence-electron chi connectivity index (χ1n) is 20.6. The Morgan fingerprint density at radius 3 is 1.65 bits per heavy atom. The van der Waals surface area contributed by atoms with Crippen LogP contribution in [-0.4, -0.2) is 20.5 Å². The van der Waals surface area contributed by atoms with E-state index in [0.29, 0.717) is 0 Å². The highest BCUT2D eigenvalue weighted by Gasteiger charge is 2.41. The van der Waals surface area contributed by atoms with E-state index in [2.05, 4.69) is 196 Å². The van der Waals surface area contributed by atoms with Crippen LogP contribution in [0.5, 0.6) is 17.2 Å². The van der Waals surface area contributed by atoms with Crippen molar-refractivity contribution in [1.82, 2.24) is 13.5 Å². The molecular weight excluding hydrogens is 733 g/mol. The molecule has 4 aromatic heterocycles. The second-order valence-corrected chi connectivity index (χ2v) is 16.4. The van der Waals surface area contributed by atoms with Gasteiger partial charge in [-0.1, -0.05) is 115 Å². The lowest BCUT2D eigenvalue weighted by Gasteiger charge is -2.33. The number of aromatic nitrogens is 3. The zero-order valence-electron chi connectivity index (χ0n) is 32.1. The third-order valence-corrected chi connectivity index (χ3v) is 13.4. The lowest BCUT2D eigenvalue weighted by Crippen LogP contribution is -2.53.